The van der Waals surface area contributed by atoms with E-state index in [1.165, 1.54) is 0 Å². The van der Waals surface area contributed by atoms with Gasteiger partial charge in [-0.2, -0.15) is 0 Å². The highest BCUT2D eigenvalue weighted by Gasteiger charge is 2.08. The summed E-state index contributed by atoms with van der Waals surface area (Å²) in [6, 6.07) is 20.4. The molecule has 3 aromatic rings. The third-order valence-corrected chi connectivity index (χ3v) is 4.06. The molecule has 0 aliphatic heterocycles. The van der Waals surface area contributed by atoms with E-state index in [2.05, 4.69) is 16.0 Å². The number of benzene rings is 2. The van der Waals surface area contributed by atoms with Crippen LogP contribution in [0.5, 0.6) is 0 Å². The fourth-order valence-corrected chi connectivity index (χ4v) is 2.74. The second kappa shape index (κ2) is 9.41. The van der Waals surface area contributed by atoms with E-state index in [9.17, 15) is 9.59 Å². The molecule has 3 amide bonds. The van der Waals surface area contributed by atoms with Crippen molar-refractivity contribution < 1.29 is 14.0 Å². The van der Waals surface area contributed by atoms with Crippen LogP contribution in [0.15, 0.2) is 71.1 Å². The molecule has 0 saturated carbocycles. The van der Waals surface area contributed by atoms with Gasteiger partial charge in [-0.1, -0.05) is 36.4 Å². The zero-order valence-corrected chi connectivity index (χ0v) is 15.7. The summed E-state index contributed by atoms with van der Waals surface area (Å²) in [5, 5.41) is 8.22. The number of urea groups is 1. The number of anilines is 2. The average molecular weight is 377 g/mol. The van der Waals surface area contributed by atoms with E-state index < -0.39 is 0 Å². The van der Waals surface area contributed by atoms with E-state index in [0.29, 0.717) is 30.8 Å². The van der Waals surface area contributed by atoms with Crippen LogP contribution in [0.3, 0.4) is 0 Å². The van der Waals surface area contributed by atoms with E-state index >= 15 is 0 Å². The average Bonchev–Trinajstić information content (AvgIpc) is 3.17. The SMILES string of the molecule is CCNC(=O)Nc1cccc(NC(=O)CCc2ccc(-c3ccccc3)o2)c1. The van der Waals surface area contributed by atoms with E-state index in [0.717, 1.165) is 17.1 Å². The summed E-state index contributed by atoms with van der Waals surface area (Å²) in [7, 11) is 0. The molecular formula is C22H23N3O3. The first-order valence-corrected chi connectivity index (χ1v) is 9.23. The Bertz CT molecular complexity index is 935. The predicted molar refractivity (Wildman–Crippen MR) is 110 cm³/mol. The van der Waals surface area contributed by atoms with E-state index in [1.54, 1.807) is 24.3 Å². The lowest BCUT2D eigenvalue weighted by atomic mass is 10.2. The number of hydrogen-bond acceptors (Lipinski definition) is 3. The van der Waals surface area contributed by atoms with Crippen LogP contribution >= 0.6 is 0 Å². The van der Waals surface area contributed by atoms with Crippen molar-refractivity contribution >= 4 is 23.3 Å². The van der Waals surface area contributed by atoms with Gasteiger partial charge in [0.25, 0.3) is 0 Å². The first-order chi connectivity index (χ1) is 13.6. The van der Waals surface area contributed by atoms with Crippen LogP contribution in [0.4, 0.5) is 16.2 Å². The van der Waals surface area contributed by atoms with Crippen molar-refractivity contribution in [2.45, 2.75) is 19.8 Å². The van der Waals surface area contributed by atoms with Gasteiger partial charge in [0.15, 0.2) is 0 Å². The van der Waals surface area contributed by atoms with Crippen LogP contribution in [0.25, 0.3) is 11.3 Å². The van der Waals surface area contributed by atoms with Crippen molar-refractivity contribution in [3.63, 3.8) is 0 Å². The van der Waals surface area contributed by atoms with Gasteiger partial charge in [0.1, 0.15) is 11.5 Å². The number of hydrogen-bond donors (Lipinski definition) is 3. The second-order valence-corrected chi connectivity index (χ2v) is 6.25. The van der Waals surface area contributed by atoms with E-state index in [4.69, 9.17) is 4.42 Å². The Morgan fingerprint density at radius 3 is 2.39 bits per heavy atom. The summed E-state index contributed by atoms with van der Waals surface area (Å²) in [4.78, 5) is 23.8. The van der Waals surface area contributed by atoms with Gasteiger partial charge in [-0.15, -0.1) is 0 Å². The number of aryl methyl sites for hydroxylation is 1. The largest absolute Gasteiger partial charge is 0.461 e. The highest BCUT2D eigenvalue weighted by atomic mass is 16.3. The first-order valence-electron chi connectivity index (χ1n) is 9.23. The Balaban J connectivity index is 1.52. The topological polar surface area (TPSA) is 83.4 Å². The molecule has 0 atom stereocenters. The van der Waals surface area contributed by atoms with Gasteiger partial charge in [-0.25, -0.2) is 4.79 Å². The molecule has 0 bridgehead atoms. The summed E-state index contributed by atoms with van der Waals surface area (Å²) < 4.78 is 5.82. The molecule has 3 rings (SSSR count). The molecule has 2 aromatic carbocycles. The molecule has 1 aromatic heterocycles. The van der Waals surface area contributed by atoms with Crippen LogP contribution in [0.1, 0.15) is 19.1 Å². The maximum Gasteiger partial charge on any atom is 0.319 e. The number of amides is 3. The molecule has 3 N–H and O–H groups in total. The van der Waals surface area contributed by atoms with Gasteiger partial charge in [0, 0.05) is 36.3 Å². The normalized spacial score (nSPS) is 10.3. The molecule has 144 valence electrons. The zero-order chi connectivity index (χ0) is 19.8. The summed E-state index contributed by atoms with van der Waals surface area (Å²) in [6.45, 7) is 2.39. The van der Waals surface area contributed by atoms with Gasteiger partial charge in [-0.05, 0) is 37.3 Å². The third kappa shape index (κ3) is 5.48. The van der Waals surface area contributed by atoms with Crippen LogP contribution < -0.4 is 16.0 Å². The lowest BCUT2D eigenvalue weighted by Crippen LogP contribution is -2.28. The molecule has 0 spiro atoms. The van der Waals surface area contributed by atoms with E-state index in [1.807, 2.05) is 49.4 Å². The maximum absolute atomic E-state index is 12.2. The fourth-order valence-electron chi connectivity index (χ4n) is 2.74. The molecule has 0 radical (unpaired) electrons. The van der Waals surface area contributed by atoms with Gasteiger partial charge < -0.3 is 20.4 Å². The quantitative estimate of drug-likeness (QED) is 0.560. The molecule has 6 nitrogen and oxygen atoms in total. The van der Waals surface area contributed by atoms with Crippen LogP contribution in [-0.2, 0) is 11.2 Å². The Morgan fingerprint density at radius 2 is 1.64 bits per heavy atom. The minimum absolute atomic E-state index is 0.118. The van der Waals surface area contributed by atoms with Crippen LogP contribution in [-0.4, -0.2) is 18.5 Å². The minimum Gasteiger partial charge on any atom is -0.461 e. The van der Waals surface area contributed by atoms with Gasteiger partial charge in [0.05, 0.1) is 0 Å². The predicted octanol–water partition coefficient (Wildman–Crippen LogP) is 4.66. The molecule has 0 fully saturated rings. The highest BCUT2D eigenvalue weighted by Crippen LogP contribution is 2.22. The van der Waals surface area contributed by atoms with Crippen molar-refractivity contribution in [2.24, 2.45) is 0 Å². The third-order valence-electron chi connectivity index (χ3n) is 4.06. The van der Waals surface area contributed by atoms with Crippen molar-refractivity contribution in [2.75, 3.05) is 17.2 Å². The summed E-state index contributed by atoms with van der Waals surface area (Å²) in [5.41, 5.74) is 2.25. The molecule has 0 aliphatic carbocycles. The zero-order valence-electron chi connectivity index (χ0n) is 15.7. The summed E-state index contributed by atoms with van der Waals surface area (Å²) in [6.07, 6.45) is 0.811. The summed E-state index contributed by atoms with van der Waals surface area (Å²) in [5.74, 6) is 1.44. The van der Waals surface area contributed by atoms with Gasteiger partial charge in [0.2, 0.25) is 5.91 Å². The number of nitrogens with one attached hydrogen (secondary N) is 3. The molecule has 28 heavy (non-hydrogen) atoms. The lowest BCUT2D eigenvalue weighted by molar-refractivity contribution is -0.116. The fraction of sp³-hybridized carbons (Fsp3) is 0.182. The van der Waals surface area contributed by atoms with Crippen LogP contribution in [0, 0.1) is 0 Å². The smallest absolute Gasteiger partial charge is 0.319 e. The van der Waals surface area contributed by atoms with Crippen molar-refractivity contribution in [3.05, 3.63) is 72.5 Å². The monoisotopic (exact) mass is 377 g/mol. The van der Waals surface area contributed by atoms with Crippen molar-refractivity contribution in [1.82, 2.24) is 5.32 Å². The number of furan rings is 1. The summed E-state index contributed by atoms with van der Waals surface area (Å²) >= 11 is 0. The van der Waals surface area contributed by atoms with Crippen LogP contribution in [0.2, 0.25) is 0 Å². The van der Waals surface area contributed by atoms with Gasteiger partial charge >= 0.3 is 6.03 Å². The van der Waals surface area contributed by atoms with Crippen molar-refractivity contribution in [3.8, 4) is 11.3 Å². The van der Waals surface area contributed by atoms with Crippen molar-refractivity contribution in [1.29, 1.82) is 0 Å². The Morgan fingerprint density at radius 1 is 0.893 bits per heavy atom. The first kappa shape index (κ1) is 19.2. The highest BCUT2D eigenvalue weighted by molar-refractivity contribution is 5.93. The molecule has 0 saturated heterocycles. The standard InChI is InChI=1S/C22H23N3O3/c1-2-23-22(27)25-18-10-6-9-17(15-18)24-21(26)14-12-19-11-13-20(28-19)16-7-4-3-5-8-16/h3-11,13,15H,2,12,14H2,1H3,(H,24,26)(H2,23,25,27). The van der Waals surface area contributed by atoms with Gasteiger partial charge in [-0.3, -0.25) is 4.79 Å². The molecule has 6 heteroatoms. The molecule has 0 aliphatic rings. The number of carbonyl (C=O) groups excluding carboxylic acids is 2. The second-order valence-electron chi connectivity index (χ2n) is 6.25. The lowest BCUT2D eigenvalue weighted by Gasteiger charge is -2.09. The Labute approximate surface area is 164 Å². The molecule has 0 unspecified atom stereocenters. The van der Waals surface area contributed by atoms with E-state index in [-0.39, 0.29) is 11.9 Å². The number of rotatable bonds is 7. The Kier molecular flexibility index (Phi) is 6.46. The number of carbonyl (C=O) groups is 2. The minimum atomic E-state index is -0.280. The molecular weight excluding hydrogens is 354 g/mol. The Hall–Kier alpha value is -3.54. The molecule has 1 heterocycles. The maximum atomic E-state index is 12.2.